The van der Waals surface area contributed by atoms with E-state index >= 15 is 0 Å². The Bertz CT molecular complexity index is 551. The predicted octanol–water partition coefficient (Wildman–Crippen LogP) is 1.93. The Kier molecular flexibility index (Phi) is 6.46. The van der Waals surface area contributed by atoms with Crippen LogP contribution in [0.4, 0.5) is 0 Å². The van der Waals surface area contributed by atoms with Gasteiger partial charge in [-0.1, -0.05) is 6.92 Å². The molecule has 0 spiro atoms. The van der Waals surface area contributed by atoms with Gasteiger partial charge in [-0.25, -0.2) is 0 Å². The van der Waals surface area contributed by atoms with Crippen LogP contribution in [0, 0.1) is 0 Å². The Hall–Kier alpha value is -2.24. The number of hydrogen-bond donors (Lipinski definition) is 0. The third kappa shape index (κ3) is 4.88. The number of amides is 2. The summed E-state index contributed by atoms with van der Waals surface area (Å²) in [6.45, 7) is 8.31. The van der Waals surface area contributed by atoms with E-state index < -0.39 is 6.10 Å². The van der Waals surface area contributed by atoms with Crippen molar-refractivity contribution in [1.82, 2.24) is 9.80 Å². The Morgan fingerprint density at radius 1 is 1.04 bits per heavy atom. The molecular formula is C18H26N2O4. The quantitative estimate of drug-likeness (QED) is 0.798. The normalized spacial score (nSPS) is 15.8. The summed E-state index contributed by atoms with van der Waals surface area (Å²) in [7, 11) is 0. The third-order valence-electron chi connectivity index (χ3n) is 3.99. The highest BCUT2D eigenvalue weighted by atomic mass is 16.5. The maximum atomic E-state index is 12.5. The molecule has 2 rings (SSSR count). The Morgan fingerprint density at radius 2 is 1.58 bits per heavy atom. The van der Waals surface area contributed by atoms with Gasteiger partial charge in [0.05, 0.1) is 6.61 Å². The minimum absolute atomic E-state index is 0.0514. The topological polar surface area (TPSA) is 59.1 Å². The van der Waals surface area contributed by atoms with Gasteiger partial charge in [0.2, 0.25) is 5.91 Å². The second-order valence-electron chi connectivity index (χ2n) is 5.91. The van der Waals surface area contributed by atoms with E-state index in [9.17, 15) is 9.59 Å². The molecule has 1 atom stereocenters. The van der Waals surface area contributed by atoms with Crippen LogP contribution in [0.25, 0.3) is 0 Å². The molecule has 1 saturated heterocycles. The Morgan fingerprint density at radius 3 is 2.12 bits per heavy atom. The summed E-state index contributed by atoms with van der Waals surface area (Å²) in [5, 5.41) is 0. The number of ether oxygens (including phenoxy) is 2. The molecule has 1 aromatic carbocycles. The first kappa shape index (κ1) is 18.1. The number of carbonyl (C=O) groups is 2. The van der Waals surface area contributed by atoms with Gasteiger partial charge < -0.3 is 19.3 Å². The van der Waals surface area contributed by atoms with E-state index in [1.807, 2.05) is 24.3 Å². The minimum Gasteiger partial charge on any atom is -0.494 e. The van der Waals surface area contributed by atoms with Crippen molar-refractivity contribution in [2.75, 3.05) is 32.8 Å². The number of benzene rings is 1. The lowest BCUT2D eigenvalue weighted by Gasteiger charge is -2.35. The molecule has 0 saturated carbocycles. The molecule has 0 unspecified atom stereocenters. The smallest absolute Gasteiger partial charge is 0.263 e. The molecule has 1 aliphatic rings. The number of rotatable bonds is 6. The first-order valence-corrected chi connectivity index (χ1v) is 8.45. The zero-order chi connectivity index (χ0) is 17.5. The van der Waals surface area contributed by atoms with E-state index in [2.05, 4.69) is 6.92 Å². The molecular weight excluding hydrogens is 308 g/mol. The van der Waals surface area contributed by atoms with Gasteiger partial charge in [0.1, 0.15) is 11.5 Å². The SMILES string of the molecule is CCCOc1ccc(O[C@H](C)C(=O)N2CCN(C(C)=O)CC2)cc1. The highest BCUT2D eigenvalue weighted by Gasteiger charge is 2.26. The van der Waals surface area contributed by atoms with Crippen LogP contribution in [0.2, 0.25) is 0 Å². The Balaban J connectivity index is 1.84. The fourth-order valence-corrected chi connectivity index (χ4v) is 2.59. The first-order chi connectivity index (χ1) is 11.5. The van der Waals surface area contributed by atoms with Gasteiger partial charge in [-0.3, -0.25) is 9.59 Å². The van der Waals surface area contributed by atoms with Gasteiger partial charge in [-0.2, -0.15) is 0 Å². The minimum atomic E-state index is -0.559. The van der Waals surface area contributed by atoms with Crippen LogP contribution in [0.1, 0.15) is 27.2 Å². The zero-order valence-corrected chi connectivity index (χ0v) is 14.7. The zero-order valence-electron chi connectivity index (χ0n) is 14.7. The largest absolute Gasteiger partial charge is 0.494 e. The average Bonchev–Trinajstić information content (AvgIpc) is 2.60. The van der Waals surface area contributed by atoms with Crippen LogP contribution in [-0.4, -0.2) is 60.5 Å². The van der Waals surface area contributed by atoms with E-state index in [1.54, 1.807) is 23.6 Å². The van der Waals surface area contributed by atoms with Crippen molar-refractivity contribution in [1.29, 1.82) is 0 Å². The molecule has 1 fully saturated rings. The van der Waals surface area contributed by atoms with Crippen molar-refractivity contribution >= 4 is 11.8 Å². The van der Waals surface area contributed by atoms with E-state index in [1.165, 1.54) is 0 Å². The van der Waals surface area contributed by atoms with Gasteiger partial charge in [0.15, 0.2) is 6.10 Å². The maximum Gasteiger partial charge on any atom is 0.263 e. The molecule has 0 aliphatic carbocycles. The lowest BCUT2D eigenvalue weighted by molar-refractivity contribution is -0.143. The van der Waals surface area contributed by atoms with Gasteiger partial charge in [-0.05, 0) is 37.6 Å². The molecule has 24 heavy (non-hydrogen) atoms. The summed E-state index contributed by atoms with van der Waals surface area (Å²) < 4.78 is 11.3. The van der Waals surface area contributed by atoms with Gasteiger partial charge >= 0.3 is 0 Å². The van der Waals surface area contributed by atoms with E-state index in [0.717, 1.165) is 12.2 Å². The molecule has 6 nitrogen and oxygen atoms in total. The van der Waals surface area contributed by atoms with Crippen molar-refractivity contribution in [2.24, 2.45) is 0 Å². The van der Waals surface area contributed by atoms with Crippen LogP contribution in [0.15, 0.2) is 24.3 Å². The van der Waals surface area contributed by atoms with Crippen LogP contribution < -0.4 is 9.47 Å². The molecule has 0 radical (unpaired) electrons. The third-order valence-corrected chi connectivity index (χ3v) is 3.99. The molecule has 132 valence electrons. The molecule has 2 amide bonds. The molecule has 6 heteroatoms. The molecule has 0 aromatic heterocycles. The van der Waals surface area contributed by atoms with Crippen molar-refractivity contribution in [2.45, 2.75) is 33.3 Å². The first-order valence-electron chi connectivity index (χ1n) is 8.45. The maximum absolute atomic E-state index is 12.5. The fraction of sp³-hybridized carbons (Fsp3) is 0.556. The summed E-state index contributed by atoms with van der Waals surface area (Å²) in [5.74, 6) is 1.44. The van der Waals surface area contributed by atoms with Crippen molar-refractivity contribution in [3.8, 4) is 11.5 Å². The monoisotopic (exact) mass is 334 g/mol. The fourth-order valence-electron chi connectivity index (χ4n) is 2.59. The highest BCUT2D eigenvalue weighted by molar-refractivity contribution is 5.81. The van der Waals surface area contributed by atoms with Crippen LogP contribution in [0.3, 0.4) is 0 Å². The average molecular weight is 334 g/mol. The van der Waals surface area contributed by atoms with Crippen LogP contribution >= 0.6 is 0 Å². The van der Waals surface area contributed by atoms with Crippen molar-refractivity contribution in [3.63, 3.8) is 0 Å². The summed E-state index contributed by atoms with van der Waals surface area (Å²) in [5.41, 5.74) is 0. The summed E-state index contributed by atoms with van der Waals surface area (Å²) in [6, 6.07) is 7.30. The number of nitrogens with zero attached hydrogens (tertiary/aromatic N) is 2. The molecule has 1 heterocycles. The van der Waals surface area contributed by atoms with Crippen LogP contribution in [-0.2, 0) is 9.59 Å². The van der Waals surface area contributed by atoms with E-state index in [-0.39, 0.29) is 11.8 Å². The lowest BCUT2D eigenvalue weighted by atomic mass is 10.2. The summed E-state index contributed by atoms with van der Waals surface area (Å²) in [4.78, 5) is 27.3. The van der Waals surface area contributed by atoms with Crippen molar-refractivity contribution in [3.05, 3.63) is 24.3 Å². The van der Waals surface area contributed by atoms with Gasteiger partial charge in [-0.15, -0.1) is 0 Å². The van der Waals surface area contributed by atoms with Crippen LogP contribution in [0.5, 0.6) is 11.5 Å². The van der Waals surface area contributed by atoms with Gasteiger partial charge in [0, 0.05) is 33.1 Å². The van der Waals surface area contributed by atoms with Gasteiger partial charge in [0.25, 0.3) is 5.91 Å². The molecule has 0 N–H and O–H groups in total. The lowest BCUT2D eigenvalue weighted by Crippen LogP contribution is -2.52. The van der Waals surface area contributed by atoms with Crippen molar-refractivity contribution < 1.29 is 19.1 Å². The second-order valence-corrected chi connectivity index (χ2v) is 5.91. The number of hydrogen-bond acceptors (Lipinski definition) is 4. The number of carbonyl (C=O) groups excluding carboxylic acids is 2. The standard InChI is InChI=1S/C18H26N2O4/c1-4-13-23-16-5-7-17(8-6-16)24-14(2)18(22)20-11-9-19(10-12-20)15(3)21/h5-8,14H,4,9-13H2,1-3H3/t14-/m1/s1. The summed E-state index contributed by atoms with van der Waals surface area (Å²) in [6.07, 6.45) is 0.400. The molecule has 1 aliphatic heterocycles. The molecule has 1 aromatic rings. The predicted molar refractivity (Wildman–Crippen MR) is 91.2 cm³/mol. The van der Waals surface area contributed by atoms with E-state index in [4.69, 9.17) is 9.47 Å². The summed E-state index contributed by atoms with van der Waals surface area (Å²) >= 11 is 0. The number of piperazine rings is 1. The highest BCUT2D eigenvalue weighted by Crippen LogP contribution is 2.19. The second kappa shape index (κ2) is 8.57. The Labute approximate surface area is 143 Å². The van der Waals surface area contributed by atoms with E-state index in [0.29, 0.717) is 38.5 Å². The molecule has 0 bridgehead atoms.